The molecule has 0 saturated heterocycles. The molecular weight excluding hydrogens is 305 g/mol. The number of rotatable bonds is 1. The second-order valence-corrected chi connectivity index (χ2v) is 6.20. The lowest BCUT2D eigenvalue weighted by molar-refractivity contribution is -0.0827. The summed E-state index contributed by atoms with van der Waals surface area (Å²) in [4.78, 5) is 0.0406. The summed E-state index contributed by atoms with van der Waals surface area (Å²) in [6.45, 7) is 1.98. The Kier molecular flexibility index (Phi) is 3.87. The van der Waals surface area contributed by atoms with Gasteiger partial charge in [-0.1, -0.05) is 65.9 Å². The lowest BCUT2D eigenvalue weighted by Crippen LogP contribution is -2.11. The molecule has 2 aromatic carbocycles. The Labute approximate surface area is 131 Å². The predicted molar refractivity (Wildman–Crippen MR) is 87.1 cm³/mol. The van der Waals surface area contributed by atoms with Gasteiger partial charge in [-0.15, -0.1) is 0 Å². The molecule has 3 rings (SSSR count). The van der Waals surface area contributed by atoms with Crippen LogP contribution in [0.3, 0.4) is 0 Å². The number of fused-ring (bicyclic) bond motifs is 1. The fraction of sp³-hybridized carbons (Fsp3) is 0.111. The first-order chi connectivity index (χ1) is 10.4. The van der Waals surface area contributed by atoms with Gasteiger partial charge in [0.25, 0.3) is 0 Å². The zero-order chi connectivity index (χ0) is 15.7. The van der Waals surface area contributed by atoms with E-state index in [1.807, 2.05) is 49.4 Å². The van der Waals surface area contributed by atoms with Crippen LogP contribution in [0.15, 0.2) is 53.4 Å². The number of allylic oxidation sites excluding steroid dienone is 1. The van der Waals surface area contributed by atoms with Crippen molar-refractivity contribution in [2.24, 2.45) is 0 Å². The van der Waals surface area contributed by atoms with E-state index in [1.165, 1.54) is 6.08 Å². The molecule has 0 fully saturated rings. The van der Waals surface area contributed by atoms with E-state index >= 15 is 0 Å². The minimum absolute atomic E-state index is 0.579. The van der Waals surface area contributed by atoms with Gasteiger partial charge in [0, 0.05) is 4.91 Å². The lowest BCUT2D eigenvalue weighted by atomic mass is 10.0. The number of aryl methyl sites for hydroxylation is 1. The van der Waals surface area contributed by atoms with Gasteiger partial charge >= 0.3 is 6.18 Å². The van der Waals surface area contributed by atoms with Crippen molar-refractivity contribution in [3.8, 4) is 0 Å². The average molecular weight is 318 g/mol. The molecule has 1 aliphatic heterocycles. The molecule has 1 heterocycles. The van der Waals surface area contributed by atoms with Crippen LogP contribution in [0.1, 0.15) is 22.3 Å². The van der Waals surface area contributed by atoms with E-state index in [0.29, 0.717) is 10.5 Å². The van der Waals surface area contributed by atoms with Gasteiger partial charge in [-0.3, -0.25) is 0 Å². The van der Waals surface area contributed by atoms with E-state index in [-0.39, 0.29) is 0 Å². The minimum atomic E-state index is -4.33. The number of alkyl halides is 3. The van der Waals surface area contributed by atoms with Crippen LogP contribution in [0.5, 0.6) is 0 Å². The SMILES string of the molecule is Cc1ccc(/C=C2\SC(C(F)(F)F)=Cc3ccccc32)cc1. The molecule has 0 N–H and O–H groups in total. The summed E-state index contributed by atoms with van der Waals surface area (Å²) in [6, 6.07) is 14.9. The third-order valence-electron chi connectivity index (χ3n) is 3.39. The summed E-state index contributed by atoms with van der Waals surface area (Å²) in [7, 11) is 0. The molecule has 0 saturated carbocycles. The summed E-state index contributed by atoms with van der Waals surface area (Å²) in [6.07, 6.45) is -1.31. The Morgan fingerprint density at radius 2 is 1.64 bits per heavy atom. The largest absolute Gasteiger partial charge is 0.422 e. The Balaban J connectivity index is 2.08. The standard InChI is InChI=1S/C18H13F3S/c1-12-6-8-13(9-7-12)10-16-15-5-3-2-4-14(15)11-17(22-16)18(19,20)21/h2-11H,1H3/b16-10-. The Hall–Kier alpha value is -1.94. The second kappa shape index (κ2) is 5.69. The van der Waals surface area contributed by atoms with Crippen molar-refractivity contribution < 1.29 is 13.2 Å². The van der Waals surface area contributed by atoms with Crippen LogP contribution in [0, 0.1) is 6.92 Å². The van der Waals surface area contributed by atoms with Crippen LogP contribution in [-0.4, -0.2) is 6.18 Å². The van der Waals surface area contributed by atoms with E-state index in [1.54, 1.807) is 12.1 Å². The maximum Gasteiger partial charge on any atom is 0.422 e. The molecule has 0 amide bonds. The monoisotopic (exact) mass is 318 g/mol. The highest BCUT2D eigenvalue weighted by Crippen LogP contribution is 2.48. The third kappa shape index (κ3) is 3.12. The molecule has 0 nitrogen and oxygen atoms in total. The summed E-state index contributed by atoms with van der Waals surface area (Å²) in [5, 5.41) is 0. The van der Waals surface area contributed by atoms with Crippen molar-refractivity contribution in [2.75, 3.05) is 0 Å². The van der Waals surface area contributed by atoms with Crippen LogP contribution in [0.2, 0.25) is 0 Å². The molecule has 0 unspecified atom stereocenters. The highest BCUT2D eigenvalue weighted by atomic mass is 32.2. The number of thioether (sulfide) groups is 1. The summed E-state index contributed by atoms with van der Waals surface area (Å²) in [5.74, 6) is 0. The summed E-state index contributed by atoms with van der Waals surface area (Å²) in [5.41, 5.74) is 3.45. The van der Waals surface area contributed by atoms with Gasteiger partial charge in [-0.05, 0) is 35.8 Å². The normalized spacial score (nSPS) is 16.4. The van der Waals surface area contributed by atoms with Crippen LogP contribution >= 0.6 is 11.8 Å². The first-order valence-corrected chi connectivity index (χ1v) is 7.60. The molecule has 22 heavy (non-hydrogen) atoms. The van der Waals surface area contributed by atoms with Gasteiger partial charge in [-0.2, -0.15) is 13.2 Å². The van der Waals surface area contributed by atoms with E-state index in [4.69, 9.17) is 0 Å². The topological polar surface area (TPSA) is 0 Å². The van der Waals surface area contributed by atoms with Crippen molar-refractivity contribution in [1.82, 2.24) is 0 Å². The molecule has 0 aliphatic carbocycles. The summed E-state index contributed by atoms with van der Waals surface area (Å²) < 4.78 is 39.3. The predicted octanol–water partition coefficient (Wildman–Crippen LogP) is 6.14. The smallest absolute Gasteiger partial charge is 0.166 e. The highest BCUT2D eigenvalue weighted by molar-refractivity contribution is 8.12. The Morgan fingerprint density at radius 3 is 2.32 bits per heavy atom. The maximum absolute atomic E-state index is 13.1. The van der Waals surface area contributed by atoms with Gasteiger partial charge in [0.05, 0.1) is 4.91 Å². The van der Waals surface area contributed by atoms with Gasteiger partial charge < -0.3 is 0 Å². The van der Waals surface area contributed by atoms with Crippen molar-refractivity contribution >= 4 is 28.8 Å². The van der Waals surface area contributed by atoms with Gasteiger partial charge in [0.15, 0.2) is 0 Å². The molecule has 0 spiro atoms. The van der Waals surface area contributed by atoms with Crippen molar-refractivity contribution in [3.05, 3.63) is 75.7 Å². The molecule has 112 valence electrons. The fourth-order valence-corrected chi connectivity index (χ4v) is 3.28. The molecule has 0 aromatic heterocycles. The third-order valence-corrected chi connectivity index (χ3v) is 4.51. The van der Waals surface area contributed by atoms with Crippen LogP contribution in [0.4, 0.5) is 13.2 Å². The molecule has 2 aromatic rings. The van der Waals surface area contributed by atoms with E-state index in [0.717, 1.165) is 28.5 Å². The van der Waals surface area contributed by atoms with Crippen LogP contribution in [-0.2, 0) is 0 Å². The highest BCUT2D eigenvalue weighted by Gasteiger charge is 2.37. The lowest BCUT2D eigenvalue weighted by Gasteiger charge is -2.20. The molecule has 4 heteroatoms. The molecule has 0 bridgehead atoms. The average Bonchev–Trinajstić information content (AvgIpc) is 2.48. The molecular formula is C18H13F3S. The number of benzene rings is 2. The maximum atomic E-state index is 13.1. The quantitative estimate of drug-likeness (QED) is 0.608. The second-order valence-electron chi connectivity index (χ2n) is 5.11. The Morgan fingerprint density at radius 1 is 0.955 bits per heavy atom. The van der Waals surface area contributed by atoms with Crippen molar-refractivity contribution in [3.63, 3.8) is 0 Å². The Bertz CT molecular complexity index is 753. The van der Waals surface area contributed by atoms with Gasteiger partial charge in [-0.25, -0.2) is 0 Å². The van der Waals surface area contributed by atoms with Gasteiger partial charge in [0.2, 0.25) is 0 Å². The minimum Gasteiger partial charge on any atom is -0.166 e. The van der Waals surface area contributed by atoms with E-state index < -0.39 is 11.1 Å². The molecule has 1 aliphatic rings. The first-order valence-electron chi connectivity index (χ1n) is 6.78. The van der Waals surface area contributed by atoms with Crippen molar-refractivity contribution in [2.45, 2.75) is 13.1 Å². The first kappa shape index (κ1) is 15.0. The zero-order valence-electron chi connectivity index (χ0n) is 11.8. The van der Waals surface area contributed by atoms with Crippen molar-refractivity contribution in [1.29, 1.82) is 0 Å². The van der Waals surface area contributed by atoms with Crippen LogP contribution in [0.25, 0.3) is 17.1 Å². The van der Waals surface area contributed by atoms with Gasteiger partial charge in [0.1, 0.15) is 0 Å². The number of hydrogen-bond acceptors (Lipinski definition) is 1. The molecule has 0 radical (unpaired) electrons. The fourth-order valence-electron chi connectivity index (χ4n) is 2.25. The zero-order valence-corrected chi connectivity index (χ0v) is 12.6. The number of hydrogen-bond donors (Lipinski definition) is 0. The van der Waals surface area contributed by atoms with Crippen LogP contribution < -0.4 is 0 Å². The van der Waals surface area contributed by atoms with E-state index in [2.05, 4.69) is 0 Å². The molecule has 0 atom stereocenters. The van der Waals surface area contributed by atoms with E-state index in [9.17, 15) is 13.2 Å². The number of halogens is 3. The summed E-state index contributed by atoms with van der Waals surface area (Å²) >= 11 is 0.777.